The van der Waals surface area contributed by atoms with Crippen LogP contribution in [-0.2, 0) is 16.0 Å². The topological polar surface area (TPSA) is 59.5 Å². The zero-order valence-corrected chi connectivity index (χ0v) is 17.8. The van der Waals surface area contributed by atoms with Gasteiger partial charge in [-0.1, -0.05) is 30.3 Å². The second-order valence-electron chi connectivity index (χ2n) is 8.16. The van der Waals surface area contributed by atoms with E-state index in [9.17, 15) is 18.4 Å². The zero-order valence-electron chi connectivity index (χ0n) is 17.8. The van der Waals surface area contributed by atoms with Gasteiger partial charge in [-0.25, -0.2) is 8.78 Å². The van der Waals surface area contributed by atoms with Gasteiger partial charge in [0.05, 0.1) is 12.0 Å². The van der Waals surface area contributed by atoms with Crippen LogP contribution in [0, 0.1) is 17.0 Å². The molecule has 2 aromatic carbocycles. The summed E-state index contributed by atoms with van der Waals surface area (Å²) in [7, 11) is 0. The number of carbonyl (C=O) groups excluding carboxylic acids is 2. The Bertz CT molecular complexity index is 1170. The maximum Gasteiger partial charge on any atom is 0.314 e. The largest absolute Gasteiger partial charge is 0.466 e. The normalized spacial score (nSPS) is 18.5. The lowest BCUT2D eigenvalue weighted by atomic mass is 9.74. The van der Waals surface area contributed by atoms with Crippen molar-refractivity contribution in [2.24, 2.45) is 5.41 Å². The number of esters is 1. The van der Waals surface area contributed by atoms with Crippen LogP contribution in [0.4, 0.5) is 8.78 Å². The molecule has 1 atom stereocenters. The van der Waals surface area contributed by atoms with Crippen LogP contribution >= 0.6 is 0 Å². The highest BCUT2D eigenvalue weighted by molar-refractivity contribution is 5.96. The van der Waals surface area contributed by atoms with Crippen molar-refractivity contribution in [2.75, 3.05) is 19.7 Å². The van der Waals surface area contributed by atoms with Gasteiger partial charge in [0, 0.05) is 30.7 Å². The summed E-state index contributed by atoms with van der Waals surface area (Å²) in [4.78, 5) is 32.2. The molecule has 3 aromatic rings. The second kappa shape index (κ2) is 9.02. The van der Waals surface area contributed by atoms with Crippen LogP contribution in [0.2, 0.25) is 0 Å². The molecule has 1 amide bonds. The van der Waals surface area contributed by atoms with Crippen LogP contribution in [0.3, 0.4) is 0 Å². The average molecular weight is 438 g/mol. The Morgan fingerprint density at radius 2 is 1.91 bits per heavy atom. The molecule has 0 saturated carbocycles. The minimum Gasteiger partial charge on any atom is -0.466 e. The number of hydrogen-bond donors (Lipinski definition) is 0. The lowest BCUT2D eigenvalue weighted by Crippen LogP contribution is -2.51. The fraction of sp³-hybridized carbons (Fsp3) is 0.320. The van der Waals surface area contributed by atoms with E-state index in [4.69, 9.17) is 4.74 Å². The predicted octanol–water partition coefficient (Wildman–Crippen LogP) is 4.54. The van der Waals surface area contributed by atoms with Crippen LogP contribution < -0.4 is 0 Å². The third-order valence-electron chi connectivity index (χ3n) is 5.97. The molecular weight excluding hydrogens is 414 g/mol. The SMILES string of the molecule is CCOC(=O)[C@@]1(Cc2ccc(F)cc2F)CCCN(C(=O)c2cc3ccccc3cn2)C1. The molecule has 1 fully saturated rings. The Labute approximate surface area is 185 Å². The molecule has 0 bridgehead atoms. The van der Waals surface area contributed by atoms with E-state index >= 15 is 0 Å². The smallest absolute Gasteiger partial charge is 0.314 e. The van der Waals surface area contributed by atoms with Crippen molar-refractivity contribution in [3.8, 4) is 0 Å². The Morgan fingerprint density at radius 3 is 2.66 bits per heavy atom. The number of ether oxygens (including phenoxy) is 1. The van der Waals surface area contributed by atoms with E-state index in [2.05, 4.69) is 4.98 Å². The molecule has 32 heavy (non-hydrogen) atoms. The number of fused-ring (bicyclic) bond motifs is 1. The summed E-state index contributed by atoms with van der Waals surface area (Å²) in [5.41, 5.74) is -0.603. The van der Waals surface area contributed by atoms with Crippen molar-refractivity contribution in [2.45, 2.75) is 26.2 Å². The van der Waals surface area contributed by atoms with E-state index in [0.29, 0.717) is 19.4 Å². The number of likely N-dealkylation sites (tertiary alicyclic amines) is 1. The molecule has 0 spiro atoms. The summed E-state index contributed by atoms with van der Waals surface area (Å²) in [5.74, 6) is -2.16. The number of pyridine rings is 1. The number of amides is 1. The maximum atomic E-state index is 14.4. The van der Waals surface area contributed by atoms with Crippen molar-refractivity contribution in [1.82, 2.24) is 9.88 Å². The highest BCUT2D eigenvalue weighted by Gasteiger charge is 2.45. The average Bonchev–Trinajstić information content (AvgIpc) is 2.80. The number of carbonyl (C=O) groups is 2. The molecule has 4 rings (SSSR count). The Balaban J connectivity index is 1.64. The molecule has 1 saturated heterocycles. The first-order chi connectivity index (χ1) is 15.4. The van der Waals surface area contributed by atoms with Crippen molar-refractivity contribution in [3.05, 3.63) is 77.6 Å². The van der Waals surface area contributed by atoms with Gasteiger partial charge in [0.15, 0.2) is 0 Å². The van der Waals surface area contributed by atoms with E-state index < -0.39 is 23.0 Å². The van der Waals surface area contributed by atoms with Gasteiger partial charge >= 0.3 is 5.97 Å². The Kier molecular flexibility index (Phi) is 6.17. The fourth-order valence-electron chi connectivity index (χ4n) is 4.36. The van der Waals surface area contributed by atoms with Gasteiger partial charge in [-0.05, 0) is 49.3 Å². The number of rotatable bonds is 5. The standard InChI is InChI=1S/C25H24F2N2O3/c1-2-32-24(31)25(14-18-8-9-20(26)13-21(18)27)10-5-11-29(16-25)23(30)22-12-17-6-3-4-7-19(17)15-28-22/h3-4,6-9,12-13,15H,2,5,10-11,14,16H2,1H3/t25-/m1/s1. The molecule has 1 aliphatic heterocycles. The molecule has 0 N–H and O–H groups in total. The summed E-state index contributed by atoms with van der Waals surface area (Å²) in [6.07, 6.45) is 2.67. The third-order valence-corrected chi connectivity index (χ3v) is 5.97. The maximum absolute atomic E-state index is 14.4. The molecule has 5 nitrogen and oxygen atoms in total. The lowest BCUT2D eigenvalue weighted by Gasteiger charge is -2.41. The highest BCUT2D eigenvalue weighted by Crippen LogP contribution is 2.36. The molecule has 0 aliphatic carbocycles. The summed E-state index contributed by atoms with van der Waals surface area (Å²) in [5, 5.41) is 1.82. The summed E-state index contributed by atoms with van der Waals surface area (Å²) in [6.45, 7) is 2.41. The van der Waals surface area contributed by atoms with Gasteiger partial charge in [0.25, 0.3) is 5.91 Å². The minimum absolute atomic E-state index is 0.0207. The van der Waals surface area contributed by atoms with Crippen molar-refractivity contribution < 1.29 is 23.1 Å². The first-order valence-corrected chi connectivity index (χ1v) is 10.7. The molecule has 1 aromatic heterocycles. The lowest BCUT2D eigenvalue weighted by molar-refractivity contribution is -0.158. The van der Waals surface area contributed by atoms with Gasteiger partial charge in [-0.2, -0.15) is 0 Å². The predicted molar refractivity (Wildman–Crippen MR) is 116 cm³/mol. The molecular formula is C25H24F2N2O3. The number of nitrogens with zero attached hydrogens (tertiary/aromatic N) is 2. The van der Waals surface area contributed by atoms with Gasteiger partial charge in [0.1, 0.15) is 17.3 Å². The Hall–Kier alpha value is -3.35. The molecule has 1 aliphatic rings. The first-order valence-electron chi connectivity index (χ1n) is 10.7. The van der Waals surface area contributed by atoms with E-state index in [-0.39, 0.29) is 36.7 Å². The molecule has 7 heteroatoms. The monoisotopic (exact) mass is 438 g/mol. The molecule has 166 valence electrons. The first kappa shape index (κ1) is 21.9. The van der Waals surface area contributed by atoms with Gasteiger partial charge in [-0.3, -0.25) is 14.6 Å². The van der Waals surface area contributed by atoms with Gasteiger partial charge < -0.3 is 9.64 Å². The van der Waals surface area contributed by atoms with E-state index in [1.165, 1.54) is 12.1 Å². The number of halogens is 2. The van der Waals surface area contributed by atoms with Crippen molar-refractivity contribution in [3.63, 3.8) is 0 Å². The summed E-state index contributed by atoms with van der Waals surface area (Å²) in [6, 6.07) is 12.7. The van der Waals surface area contributed by atoms with Gasteiger partial charge in [0.2, 0.25) is 0 Å². The highest BCUT2D eigenvalue weighted by atomic mass is 19.1. The number of hydrogen-bond acceptors (Lipinski definition) is 4. The van der Waals surface area contributed by atoms with E-state index in [1.807, 2.05) is 24.3 Å². The van der Waals surface area contributed by atoms with Crippen LogP contribution in [0.15, 0.2) is 54.7 Å². The minimum atomic E-state index is -1.11. The molecule has 0 radical (unpaired) electrons. The quantitative estimate of drug-likeness (QED) is 0.549. The number of piperidine rings is 1. The summed E-state index contributed by atoms with van der Waals surface area (Å²) < 4.78 is 33.1. The molecule has 2 heterocycles. The fourth-order valence-corrected chi connectivity index (χ4v) is 4.36. The van der Waals surface area contributed by atoms with Crippen LogP contribution in [0.1, 0.15) is 35.8 Å². The van der Waals surface area contributed by atoms with Crippen LogP contribution in [-0.4, -0.2) is 41.5 Å². The van der Waals surface area contributed by atoms with Crippen molar-refractivity contribution >= 4 is 22.6 Å². The van der Waals surface area contributed by atoms with E-state index in [0.717, 1.165) is 16.8 Å². The van der Waals surface area contributed by atoms with Crippen LogP contribution in [0.5, 0.6) is 0 Å². The van der Waals surface area contributed by atoms with E-state index in [1.54, 1.807) is 24.1 Å². The van der Waals surface area contributed by atoms with Gasteiger partial charge in [-0.15, -0.1) is 0 Å². The number of aromatic nitrogens is 1. The number of benzene rings is 2. The summed E-state index contributed by atoms with van der Waals surface area (Å²) >= 11 is 0. The molecule has 0 unspecified atom stereocenters. The van der Waals surface area contributed by atoms with Crippen LogP contribution in [0.25, 0.3) is 10.8 Å². The van der Waals surface area contributed by atoms with Crippen molar-refractivity contribution in [1.29, 1.82) is 0 Å². The zero-order chi connectivity index (χ0) is 22.7. The Morgan fingerprint density at radius 1 is 1.12 bits per heavy atom. The third kappa shape index (κ3) is 4.33. The second-order valence-corrected chi connectivity index (χ2v) is 8.16.